The van der Waals surface area contributed by atoms with Crippen LogP contribution in [0.4, 0.5) is 0 Å². The van der Waals surface area contributed by atoms with Crippen molar-refractivity contribution in [1.82, 2.24) is 0 Å². The van der Waals surface area contributed by atoms with Gasteiger partial charge in [0.15, 0.2) is 0 Å². The number of hydrogen-bond acceptors (Lipinski definition) is 1. The predicted molar refractivity (Wildman–Crippen MR) is 211 cm³/mol. The average Bonchev–Trinajstić information content (AvgIpc) is 3.66. The standard InChI is InChI=1S/C49H32O/c1-3-17-38-33(12-1)14-10-23-44(38)48(46-31-36-13-2-4-18-39(36)41-19-5-6-20-42(41)46)37-16-9-15-35(30-37)32-26-28-34(29-27-32)40-22-11-24-45-43-21-7-8-25-47(43)50-49(40)45/h1-31,48H/i2D,4D,5D,6D,13D,18D,19D,20D,31D. The first kappa shape index (κ1) is 20.8. The first-order valence-corrected chi connectivity index (χ1v) is 16.6. The summed E-state index contributed by atoms with van der Waals surface area (Å²) in [5.41, 5.74) is 7.15. The third-order valence-corrected chi connectivity index (χ3v) is 9.73. The molecule has 0 saturated carbocycles. The molecule has 1 unspecified atom stereocenters. The highest BCUT2D eigenvalue weighted by molar-refractivity contribution is 6.10. The van der Waals surface area contributed by atoms with Gasteiger partial charge >= 0.3 is 0 Å². The summed E-state index contributed by atoms with van der Waals surface area (Å²) in [6.07, 6.45) is 0. The molecule has 0 aliphatic rings. The minimum atomic E-state index is -0.802. The van der Waals surface area contributed by atoms with Crippen molar-refractivity contribution < 1.29 is 16.8 Å². The van der Waals surface area contributed by atoms with E-state index >= 15 is 0 Å². The summed E-state index contributed by atoms with van der Waals surface area (Å²) < 4.78 is 87.1. The second-order valence-electron chi connectivity index (χ2n) is 12.5. The molecule has 1 nitrogen and oxygen atoms in total. The van der Waals surface area contributed by atoms with E-state index in [2.05, 4.69) is 42.5 Å². The summed E-state index contributed by atoms with van der Waals surface area (Å²) in [6.45, 7) is 0. The van der Waals surface area contributed by atoms with Gasteiger partial charge in [-0.2, -0.15) is 0 Å². The number of benzene rings is 9. The molecule has 0 aliphatic heterocycles. The van der Waals surface area contributed by atoms with Crippen LogP contribution in [-0.2, 0) is 0 Å². The molecule has 0 bridgehead atoms. The van der Waals surface area contributed by atoms with E-state index in [-0.39, 0.29) is 39.2 Å². The van der Waals surface area contributed by atoms with Crippen LogP contribution in [-0.4, -0.2) is 0 Å². The van der Waals surface area contributed by atoms with Crippen molar-refractivity contribution in [3.05, 3.63) is 205 Å². The molecule has 9 aromatic carbocycles. The van der Waals surface area contributed by atoms with Gasteiger partial charge in [-0.3, -0.25) is 0 Å². The molecular weight excluding hydrogens is 605 g/mol. The first-order valence-electron chi connectivity index (χ1n) is 21.1. The van der Waals surface area contributed by atoms with Gasteiger partial charge in [0.2, 0.25) is 0 Å². The molecule has 10 aromatic rings. The Morgan fingerprint density at radius 3 is 2.02 bits per heavy atom. The summed E-state index contributed by atoms with van der Waals surface area (Å²) in [5, 5.41) is 3.72. The quantitative estimate of drug-likeness (QED) is 0.134. The van der Waals surface area contributed by atoms with Crippen LogP contribution in [0.1, 0.15) is 34.9 Å². The van der Waals surface area contributed by atoms with Crippen LogP contribution in [0.3, 0.4) is 0 Å². The molecule has 0 radical (unpaired) electrons. The third-order valence-electron chi connectivity index (χ3n) is 9.73. The van der Waals surface area contributed by atoms with Crippen molar-refractivity contribution in [2.24, 2.45) is 0 Å². The lowest BCUT2D eigenvalue weighted by molar-refractivity contribution is 0.670. The zero-order valence-corrected chi connectivity index (χ0v) is 26.7. The summed E-state index contributed by atoms with van der Waals surface area (Å²) in [7, 11) is 0. The SMILES string of the molecule is [2H]c1c([2H])c([2H])c2c(c1[2H])c([2H])c(C(c1cccc(-c3ccc(-c4cccc5c4oc4ccccc45)cc3)c1)c1cccc3ccccc13)c1c([2H])c([2H])c([2H])c([2H])c12. The minimum Gasteiger partial charge on any atom is -0.455 e. The highest BCUT2D eigenvalue weighted by Gasteiger charge is 2.23. The summed E-state index contributed by atoms with van der Waals surface area (Å²) in [5.74, 6) is -0.802. The second kappa shape index (κ2) is 11.6. The lowest BCUT2D eigenvalue weighted by atomic mass is 9.79. The van der Waals surface area contributed by atoms with Gasteiger partial charge < -0.3 is 4.42 Å². The van der Waals surface area contributed by atoms with Gasteiger partial charge in [0, 0.05) is 22.3 Å². The molecular formula is C49H32O. The average molecular weight is 646 g/mol. The zero-order valence-electron chi connectivity index (χ0n) is 35.7. The van der Waals surface area contributed by atoms with Crippen LogP contribution in [0.5, 0.6) is 0 Å². The van der Waals surface area contributed by atoms with E-state index in [1.807, 2.05) is 91.0 Å². The van der Waals surface area contributed by atoms with E-state index in [1.54, 1.807) is 0 Å². The Balaban J connectivity index is 1.23. The largest absolute Gasteiger partial charge is 0.455 e. The number of fused-ring (bicyclic) bond motifs is 7. The molecule has 0 spiro atoms. The van der Waals surface area contributed by atoms with Crippen LogP contribution in [0, 0.1) is 0 Å². The summed E-state index contributed by atoms with van der Waals surface area (Å²) >= 11 is 0. The summed E-state index contributed by atoms with van der Waals surface area (Å²) in [4.78, 5) is 0. The number of hydrogen-bond donors (Lipinski definition) is 0. The topological polar surface area (TPSA) is 13.1 Å². The van der Waals surface area contributed by atoms with Crippen LogP contribution >= 0.6 is 0 Å². The maximum atomic E-state index is 9.86. The van der Waals surface area contributed by atoms with Crippen LogP contribution < -0.4 is 0 Å². The fourth-order valence-corrected chi connectivity index (χ4v) is 7.43. The Morgan fingerprint density at radius 1 is 0.440 bits per heavy atom. The monoisotopic (exact) mass is 645 g/mol. The lowest BCUT2D eigenvalue weighted by Gasteiger charge is -2.24. The van der Waals surface area contributed by atoms with Gasteiger partial charge in [-0.1, -0.05) is 176 Å². The molecule has 234 valence electrons. The Labute approximate surface area is 303 Å². The molecule has 1 heterocycles. The van der Waals surface area contributed by atoms with E-state index in [4.69, 9.17) is 14.0 Å². The highest BCUT2D eigenvalue weighted by atomic mass is 16.3. The van der Waals surface area contributed by atoms with Gasteiger partial charge in [0.05, 0.1) is 12.3 Å². The molecule has 0 saturated heterocycles. The van der Waals surface area contributed by atoms with E-state index < -0.39 is 48.2 Å². The summed E-state index contributed by atoms with van der Waals surface area (Å²) in [6, 6.07) is 40.0. The fraction of sp³-hybridized carbons (Fsp3) is 0.0204. The van der Waals surface area contributed by atoms with Gasteiger partial charge in [0.1, 0.15) is 11.2 Å². The maximum absolute atomic E-state index is 9.86. The van der Waals surface area contributed by atoms with E-state index in [9.17, 15) is 2.74 Å². The van der Waals surface area contributed by atoms with Crippen LogP contribution in [0.15, 0.2) is 192 Å². The molecule has 0 fully saturated rings. The van der Waals surface area contributed by atoms with E-state index in [0.717, 1.165) is 66.1 Å². The van der Waals surface area contributed by atoms with E-state index in [1.165, 1.54) is 0 Å². The Morgan fingerprint density at radius 2 is 1.12 bits per heavy atom. The number of rotatable bonds is 5. The van der Waals surface area contributed by atoms with Crippen LogP contribution in [0.2, 0.25) is 0 Å². The normalized spacial score (nSPS) is 14.8. The fourth-order valence-electron chi connectivity index (χ4n) is 7.43. The van der Waals surface area contributed by atoms with Crippen molar-refractivity contribution in [3.8, 4) is 22.3 Å². The van der Waals surface area contributed by atoms with Gasteiger partial charge in [-0.15, -0.1) is 0 Å². The molecule has 10 rings (SSSR count). The molecule has 1 aromatic heterocycles. The van der Waals surface area contributed by atoms with Crippen molar-refractivity contribution >= 4 is 54.3 Å². The first-order chi connectivity index (χ1) is 28.5. The third kappa shape index (κ3) is 4.63. The molecule has 50 heavy (non-hydrogen) atoms. The molecule has 1 heteroatoms. The Bertz CT molecular complexity index is 3380. The van der Waals surface area contributed by atoms with Crippen molar-refractivity contribution in [2.75, 3.05) is 0 Å². The minimum absolute atomic E-state index is 0.0412. The molecule has 0 N–H and O–H groups in total. The number of furan rings is 1. The molecule has 1 atom stereocenters. The predicted octanol–water partition coefficient (Wildman–Crippen LogP) is 13.6. The smallest absolute Gasteiger partial charge is 0.143 e. The van der Waals surface area contributed by atoms with Crippen molar-refractivity contribution in [3.63, 3.8) is 0 Å². The van der Waals surface area contributed by atoms with Crippen LogP contribution in [0.25, 0.3) is 76.5 Å². The highest BCUT2D eigenvalue weighted by Crippen LogP contribution is 2.43. The van der Waals surface area contributed by atoms with Gasteiger partial charge in [-0.05, 0) is 77.8 Å². The van der Waals surface area contributed by atoms with Crippen molar-refractivity contribution in [1.29, 1.82) is 0 Å². The molecule has 0 amide bonds. The lowest BCUT2D eigenvalue weighted by Crippen LogP contribution is -2.06. The maximum Gasteiger partial charge on any atom is 0.143 e. The van der Waals surface area contributed by atoms with Crippen molar-refractivity contribution in [2.45, 2.75) is 5.92 Å². The van der Waals surface area contributed by atoms with Gasteiger partial charge in [0.25, 0.3) is 0 Å². The Hall–Kier alpha value is -6.44. The zero-order chi connectivity index (χ0) is 40.9. The van der Waals surface area contributed by atoms with Gasteiger partial charge in [-0.25, -0.2) is 0 Å². The Kier molecular flexibility index (Phi) is 4.84. The molecule has 0 aliphatic carbocycles. The number of para-hydroxylation sites is 2. The second-order valence-corrected chi connectivity index (χ2v) is 12.5. The van der Waals surface area contributed by atoms with E-state index in [0.29, 0.717) is 0 Å².